The Hall–Kier alpha value is -3.40. The summed E-state index contributed by atoms with van der Waals surface area (Å²) in [6.45, 7) is 3.76. The summed E-state index contributed by atoms with van der Waals surface area (Å²) in [5, 5.41) is 2.93. The molecular weight excluding hydrogens is 372 g/mol. The van der Waals surface area contributed by atoms with Crippen LogP contribution in [-0.2, 0) is 0 Å². The lowest BCUT2D eigenvalue weighted by Crippen LogP contribution is -2.38. The maximum absolute atomic E-state index is 13.0. The standard InChI is InChI=1S/C26H26N2O2/c1-19-15-17-28(18-16-19)26(30)23-9-5-6-10-24(23)27-25(29)22-13-11-21(12-14-22)20-7-3-2-4-8-20/h2-14,19H,15-18H2,1H3,(H,27,29). The lowest BCUT2D eigenvalue weighted by atomic mass is 9.98. The summed E-state index contributed by atoms with van der Waals surface area (Å²) in [7, 11) is 0. The molecule has 1 fully saturated rings. The first-order valence-corrected chi connectivity index (χ1v) is 10.5. The van der Waals surface area contributed by atoms with Crippen molar-refractivity contribution in [1.82, 2.24) is 4.90 Å². The fraction of sp³-hybridized carbons (Fsp3) is 0.231. The van der Waals surface area contributed by atoms with Crippen molar-refractivity contribution < 1.29 is 9.59 Å². The highest BCUT2D eigenvalue weighted by molar-refractivity contribution is 6.09. The third-order valence-corrected chi connectivity index (χ3v) is 5.73. The van der Waals surface area contributed by atoms with Crippen LogP contribution in [0.2, 0.25) is 0 Å². The largest absolute Gasteiger partial charge is 0.339 e. The minimum Gasteiger partial charge on any atom is -0.339 e. The van der Waals surface area contributed by atoms with Crippen LogP contribution < -0.4 is 5.32 Å². The van der Waals surface area contributed by atoms with Crippen LogP contribution in [0.15, 0.2) is 78.9 Å². The van der Waals surface area contributed by atoms with Gasteiger partial charge in [0.25, 0.3) is 11.8 Å². The number of para-hydroxylation sites is 1. The molecule has 1 N–H and O–H groups in total. The van der Waals surface area contributed by atoms with E-state index in [-0.39, 0.29) is 11.8 Å². The van der Waals surface area contributed by atoms with E-state index >= 15 is 0 Å². The molecule has 152 valence electrons. The Bertz CT molecular complexity index is 1020. The van der Waals surface area contributed by atoms with Gasteiger partial charge >= 0.3 is 0 Å². The zero-order valence-electron chi connectivity index (χ0n) is 17.2. The average Bonchev–Trinajstić information content (AvgIpc) is 2.80. The van der Waals surface area contributed by atoms with Crippen LogP contribution >= 0.6 is 0 Å². The SMILES string of the molecule is CC1CCN(C(=O)c2ccccc2NC(=O)c2ccc(-c3ccccc3)cc2)CC1. The summed E-state index contributed by atoms with van der Waals surface area (Å²) < 4.78 is 0. The Morgan fingerprint density at radius 3 is 2.10 bits per heavy atom. The zero-order chi connectivity index (χ0) is 20.9. The Labute approximate surface area is 177 Å². The van der Waals surface area contributed by atoms with Crippen molar-refractivity contribution in [2.45, 2.75) is 19.8 Å². The van der Waals surface area contributed by atoms with Gasteiger partial charge in [-0.2, -0.15) is 0 Å². The van der Waals surface area contributed by atoms with Crippen molar-refractivity contribution in [3.05, 3.63) is 90.0 Å². The van der Waals surface area contributed by atoms with Crippen LogP contribution in [0.1, 0.15) is 40.5 Å². The predicted molar refractivity (Wildman–Crippen MR) is 121 cm³/mol. The van der Waals surface area contributed by atoms with Gasteiger partial charge in [-0.05, 0) is 54.2 Å². The summed E-state index contributed by atoms with van der Waals surface area (Å²) in [6, 6.07) is 24.8. The molecule has 0 aromatic heterocycles. The molecule has 1 aliphatic heterocycles. The number of amides is 2. The molecule has 1 heterocycles. The molecule has 1 saturated heterocycles. The second-order valence-electron chi connectivity index (χ2n) is 7.92. The highest BCUT2D eigenvalue weighted by Crippen LogP contribution is 2.23. The Balaban J connectivity index is 1.49. The fourth-order valence-electron chi connectivity index (χ4n) is 3.80. The molecule has 4 rings (SSSR count). The Kier molecular flexibility index (Phi) is 5.94. The predicted octanol–water partition coefficient (Wildman–Crippen LogP) is 5.48. The highest BCUT2D eigenvalue weighted by atomic mass is 16.2. The summed E-state index contributed by atoms with van der Waals surface area (Å²) in [6.07, 6.45) is 2.04. The molecule has 3 aromatic carbocycles. The van der Waals surface area contributed by atoms with E-state index in [1.54, 1.807) is 12.1 Å². The van der Waals surface area contributed by atoms with Crippen molar-refractivity contribution in [2.24, 2.45) is 5.92 Å². The van der Waals surface area contributed by atoms with Crippen LogP contribution in [0.25, 0.3) is 11.1 Å². The molecule has 0 atom stereocenters. The van der Waals surface area contributed by atoms with Gasteiger partial charge < -0.3 is 10.2 Å². The van der Waals surface area contributed by atoms with E-state index in [2.05, 4.69) is 12.2 Å². The molecular formula is C26H26N2O2. The third-order valence-electron chi connectivity index (χ3n) is 5.73. The first-order chi connectivity index (χ1) is 14.6. The summed E-state index contributed by atoms with van der Waals surface area (Å²) >= 11 is 0. The topological polar surface area (TPSA) is 49.4 Å². The van der Waals surface area contributed by atoms with Crippen LogP contribution in [-0.4, -0.2) is 29.8 Å². The number of carbonyl (C=O) groups is 2. The van der Waals surface area contributed by atoms with Crippen molar-refractivity contribution in [1.29, 1.82) is 0 Å². The van der Waals surface area contributed by atoms with E-state index < -0.39 is 0 Å². The lowest BCUT2D eigenvalue weighted by Gasteiger charge is -2.30. The van der Waals surface area contributed by atoms with Crippen LogP contribution in [0.5, 0.6) is 0 Å². The lowest BCUT2D eigenvalue weighted by molar-refractivity contribution is 0.0698. The maximum Gasteiger partial charge on any atom is 0.255 e. The number of hydrogen-bond acceptors (Lipinski definition) is 2. The molecule has 0 aliphatic carbocycles. The highest BCUT2D eigenvalue weighted by Gasteiger charge is 2.23. The normalized spacial score (nSPS) is 14.4. The van der Waals surface area contributed by atoms with Gasteiger partial charge in [-0.3, -0.25) is 9.59 Å². The average molecular weight is 399 g/mol. The van der Waals surface area contributed by atoms with Crippen molar-refractivity contribution in [3.8, 4) is 11.1 Å². The number of rotatable bonds is 4. The third kappa shape index (κ3) is 4.43. The molecule has 1 aliphatic rings. The summed E-state index contributed by atoms with van der Waals surface area (Å²) in [5.74, 6) is 0.419. The minimum atomic E-state index is -0.220. The number of carbonyl (C=O) groups excluding carboxylic acids is 2. The summed E-state index contributed by atoms with van der Waals surface area (Å²) in [4.78, 5) is 27.7. The molecule has 0 saturated carbocycles. The number of nitrogens with one attached hydrogen (secondary N) is 1. The Morgan fingerprint density at radius 1 is 0.800 bits per heavy atom. The van der Waals surface area contributed by atoms with Crippen molar-refractivity contribution in [2.75, 3.05) is 18.4 Å². The van der Waals surface area contributed by atoms with Crippen LogP contribution in [0.3, 0.4) is 0 Å². The molecule has 0 unspecified atom stereocenters. The summed E-state index contributed by atoms with van der Waals surface area (Å²) in [5.41, 5.74) is 3.82. The van der Waals surface area contributed by atoms with Gasteiger partial charge in [0.1, 0.15) is 0 Å². The quantitative estimate of drug-likeness (QED) is 0.633. The second-order valence-corrected chi connectivity index (χ2v) is 7.92. The molecule has 0 spiro atoms. The molecule has 4 nitrogen and oxygen atoms in total. The number of benzene rings is 3. The van der Waals surface area contributed by atoms with E-state index in [1.807, 2.05) is 71.6 Å². The smallest absolute Gasteiger partial charge is 0.255 e. The van der Waals surface area contributed by atoms with E-state index in [1.165, 1.54) is 0 Å². The van der Waals surface area contributed by atoms with E-state index in [0.717, 1.165) is 37.1 Å². The number of hydrogen-bond donors (Lipinski definition) is 1. The van der Waals surface area contributed by atoms with Gasteiger partial charge in [0.05, 0.1) is 11.3 Å². The van der Waals surface area contributed by atoms with Crippen LogP contribution in [0, 0.1) is 5.92 Å². The number of nitrogens with zero attached hydrogens (tertiary/aromatic N) is 1. The maximum atomic E-state index is 13.0. The van der Waals surface area contributed by atoms with E-state index in [9.17, 15) is 9.59 Å². The molecule has 0 radical (unpaired) electrons. The van der Waals surface area contributed by atoms with Gasteiger partial charge in [0.2, 0.25) is 0 Å². The molecule has 30 heavy (non-hydrogen) atoms. The number of piperidine rings is 1. The Morgan fingerprint density at radius 2 is 1.40 bits per heavy atom. The first kappa shape index (κ1) is 19.9. The van der Waals surface area contributed by atoms with Gasteiger partial charge in [0, 0.05) is 18.7 Å². The van der Waals surface area contributed by atoms with Crippen molar-refractivity contribution >= 4 is 17.5 Å². The zero-order valence-corrected chi connectivity index (χ0v) is 17.2. The molecule has 3 aromatic rings. The van der Waals surface area contributed by atoms with Gasteiger partial charge in [-0.25, -0.2) is 0 Å². The first-order valence-electron chi connectivity index (χ1n) is 10.5. The van der Waals surface area contributed by atoms with Gasteiger partial charge in [-0.15, -0.1) is 0 Å². The second kappa shape index (κ2) is 8.95. The number of likely N-dealkylation sites (tertiary alicyclic amines) is 1. The van der Waals surface area contributed by atoms with E-state index in [0.29, 0.717) is 22.7 Å². The van der Waals surface area contributed by atoms with Crippen LogP contribution in [0.4, 0.5) is 5.69 Å². The molecule has 0 bridgehead atoms. The minimum absolute atomic E-state index is 0.0165. The van der Waals surface area contributed by atoms with Crippen molar-refractivity contribution in [3.63, 3.8) is 0 Å². The van der Waals surface area contributed by atoms with E-state index in [4.69, 9.17) is 0 Å². The van der Waals surface area contributed by atoms with Gasteiger partial charge in [-0.1, -0.05) is 61.5 Å². The monoisotopic (exact) mass is 398 g/mol. The van der Waals surface area contributed by atoms with Gasteiger partial charge in [0.15, 0.2) is 0 Å². The number of anilines is 1. The molecule has 4 heteroatoms. The fourth-order valence-corrected chi connectivity index (χ4v) is 3.80. The molecule has 2 amide bonds.